The van der Waals surface area contributed by atoms with Crippen molar-refractivity contribution in [3.05, 3.63) is 218 Å². The van der Waals surface area contributed by atoms with Crippen molar-refractivity contribution < 1.29 is 24.1 Å². The fourth-order valence-corrected chi connectivity index (χ4v) is 8.49. The number of ether oxygens (including phenoxy) is 3. The van der Waals surface area contributed by atoms with Gasteiger partial charge in [0.1, 0.15) is 17.2 Å². The molecule has 280 valence electrons. The van der Waals surface area contributed by atoms with Crippen LogP contribution in [0.4, 0.5) is 0 Å². The minimum atomic E-state index is -1.36. The van der Waals surface area contributed by atoms with Crippen molar-refractivity contribution in [1.29, 1.82) is 0 Å². The summed E-state index contributed by atoms with van der Waals surface area (Å²) in [5.74, 6) is 0.799. The quantitative estimate of drug-likeness (QED) is 0.0908. The summed E-state index contributed by atoms with van der Waals surface area (Å²) in [4.78, 5) is 17.8. The van der Waals surface area contributed by atoms with Crippen LogP contribution in [0.5, 0.6) is 34.5 Å². The van der Waals surface area contributed by atoms with Gasteiger partial charge in [0.2, 0.25) is 5.75 Å². The number of carboxylic acid groups (broad SMARTS) is 1. The van der Waals surface area contributed by atoms with E-state index in [0.717, 1.165) is 0 Å². The van der Waals surface area contributed by atoms with Crippen LogP contribution in [-0.4, -0.2) is 12.2 Å². The number of aromatic carboxylic acids is 1. The van der Waals surface area contributed by atoms with E-state index in [-0.39, 0.29) is 33.7 Å². The molecule has 0 atom stereocenters. The highest BCUT2D eigenvalue weighted by Crippen LogP contribution is 2.51. The van der Waals surface area contributed by atoms with Gasteiger partial charge in [0.25, 0.3) is 0 Å². The molecule has 0 aromatic heterocycles. The predicted octanol–water partition coefficient (Wildman–Crippen LogP) is 12.6. The first-order valence-electron chi connectivity index (χ1n) is 18.2. The largest absolute Gasteiger partial charge is 0.545 e. The minimum absolute atomic E-state index is 0.0341. The highest BCUT2D eigenvalue weighted by Gasteiger charge is 2.28. The molecule has 7 heteroatoms. The van der Waals surface area contributed by atoms with E-state index < -0.39 is 5.97 Å². The van der Waals surface area contributed by atoms with Crippen LogP contribution in [0.15, 0.2) is 232 Å². The number of thioether (sulfide) groups is 1. The van der Waals surface area contributed by atoms with Gasteiger partial charge in [-0.05, 0) is 103 Å². The van der Waals surface area contributed by atoms with Crippen LogP contribution >= 0.6 is 11.8 Å². The Kier molecular flexibility index (Phi) is 13.0. The van der Waals surface area contributed by atoms with Crippen LogP contribution in [0.1, 0.15) is 10.4 Å². The SMILES string of the molecule is CSc1ccc([S+](c2ccccc2)c2ccccc2)cc1.O=C([O-])c1cc(Oc2ccccc2)c(Oc2ccccc2)c(Oc2ccccc2)c1-c1ccccc1. The molecule has 8 rings (SSSR count). The minimum Gasteiger partial charge on any atom is -0.545 e. The second-order valence-corrected chi connectivity index (χ2v) is 15.4. The number of carboxylic acids is 1. The second kappa shape index (κ2) is 19.3. The Bertz CT molecular complexity index is 2430. The van der Waals surface area contributed by atoms with Crippen molar-refractivity contribution in [2.45, 2.75) is 19.6 Å². The molecule has 0 aliphatic carbocycles. The van der Waals surface area contributed by atoms with E-state index in [1.807, 2.05) is 84.9 Å². The first-order chi connectivity index (χ1) is 28.1. The molecule has 0 fully saturated rings. The molecule has 0 radical (unpaired) electrons. The highest BCUT2D eigenvalue weighted by molar-refractivity contribution is 7.98. The van der Waals surface area contributed by atoms with E-state index >= 15 is 0 Å². The maximum atomic E-state index is 12.4. The van der Waals surface area contributed by atoms with Crippen LogP contribution in [0.25, 0.3) is 11.1 Å². The van der Waals surface area contributed by atoms with Gasteiger partial charge in [0.05, 0.1) is 16.9 Å². The molecule has 0 aliphatic rings. The smallest absolute Gasteiger partial charge is 0.213 e. The van der Waals surface area contributed by atoms with Gasteiger partial charge in [-0.3, -0.25) is 0 Å². The van der Waals surface area contributed by atoms with Crippen LogP contribution in [0.2, 0.25) is 0 Å². The summed E-state index contributed by atoms with van der Waals surface area (Å²) in [7, 11) is -0.0341. The van der Waals surface area contributed by atoms with Gasteiger partial charge in [0.15, 0.2) is 26.2 Å². The number of para-hydroxylation sites is 3. The Hall–Kier alpha value is -6.67. The van der Waals surface area contributed by atoms with E-state index in [4.69, 9.17) is 14.2 Å². The lowest BCUT2D eigenvalue weighted by atomic mass is 9.97. The summed E-state index contributed by atoms with van der Waals surface area (Å²) in [5.41, 5.74) is 0.871. The summed E-state index contributed by atoms with van der Waals surface area (Å²) in [5, 5.41) is 12.4. The van der Waals surface area contributed by atoms with Gasteiger partial charge in [-0.2, -0.15) is 0 Å². The molecule has 5 nitrogen and oxygen atoms in total. The van der Waals surface area contributed by atoms with Crippen LogP contribution in [-0.2, 0) is 10.9 Å². The van der Waals surface area contributed by atoms with Crippen molar-refractivity contribution >= 4 is 28.6 Å². The van der Waals surface area contributed by atoms with Crippen LogP contribution < -0.4 is 19.3 Å². The third kappa shape index (κ3) is 9.96. The van der Waals surface area contributed by atoms with Gasteiger partial charge in [-0.15, -0.1) is 11.8 Å². The molecule has 0 aliphatic heterocycles. The third-order valence-corrected chi connectivity index (χ3v) is 11.6. The molecule has 57 heavy (non-hydrogen) atoms. The number of rotatable bonds is 12. The molecule has 8 aromatic carbocycles. The lowest BCUT2D eigenvalue weighted by molar-refractivity contribution is -0.255. The van der Waals surface area contributed by atoms with E-state index in [2.05, 4.69) is 91.2 Å². The predicted molar refractivity (Wildman–Crippen MR) is 229 cm³/mol. The highest BCUT2D eigenvalue weighted by atomic mass is 32.2. The average Bonchev–Trinajstić information content (AvgIpc) is 3.27. The topological polar surface area (TPSA) is 67.8 Å². The zero-order valence-electron chi connectivity index (χ0n) is 31.1. The Morgan fingerprint density at radius 3 is 1.30 bits per heavy atom. The molecule has 0 bridgehead atoms. The molecule has 8 aromatic rings. The number of carbonyl (C=O) groups is 1. The molecule has 0 N–H and O–H groups in total. The molecule has 0 saturated heterocycles. The van der Waals surface area contributed by atoms with Crippen molar-refractivity contribution in [3.8, 4) is 45.6 Å². The number of hydrogen-bond acceptors (Lipinski definition) is 6. The molecule has 0 spiro atoms. The molecular formula is C50H38O5S2. The Morgan fingerprint density at radius 1 is 0.474 bits per heavy atom. The Labute approximate surface area is 340 Å². The van der Waals surface area contributed by atoms with Crippen molar-refractivity contribution in [2.75, 3.05) is 6.26 Å². The first kappa shape index (κ1) is 38.6. The van der Waals surface area contributed by atoms with Crippen molar-refractivity contribution in [3.63, 3.8) is 0 Å². The number of benzene rings is 8. The number of hydrogen-bond donors (Lipinski definition) is 0. The van der Waals surface area contributed by atoms with Crippen molar-refractivity contribution in [1.82, 2.24) is 0 Å². The first-order valence-corrected chi connectivity index (χ1v) is 20.7. The standard InChI is InChI=1S/C31H22O5.C19H17S2/c32-31(33)26-21-27(34-23-15-7-2-8-16-23)29(35-24-17-9-3-10-18-24)30(36-25-19-11-4-12-20-25)28(26)22-13-5-1-6-14-22;1-20-16-12-14-19(15-13-16)21(17-8-4-2-5-9-17)18-10-6-3-7-11-18/h1-21H,(H,32,33);2-15H,1H3/q;+1/p-1. The summed E-state index contributed by atoms with van der Waals surface area (Å²) in [6, 6.07) is 68.3. The van der Waals surface area contributed by atoms with Gasteiger partial charge >= 0.3 is 0 Å². The maximum absolute atomic E-state index is 12.4. The second-order valence-electron chi connectivity index (χ2n) is 12.5. The van der Waals surface area contributed by atoms with Gasteiger partial charge < -0.3 is 24.1 Å². The van der Waals surface area contributed by atoms with E-state index in [0.29, 0.717) is 28.4 Å². The maximum Gasteiger partial charge on any atom is 0.213 e. The summed E-state index contributed by atoms with van der Waals surface area (Å²) in [6.07, 6.45) is 2.11. The van der Waals surface area contributed by atoms with Crippen LogP contribution in [0, 0.1) is 0 Å². The monoisotopic (exact) mass is 782 g/mol. The molecule has 0 unspecified atom stereocenters. The van der Waals surface area contributed by atoms with E-state index in [1.165, 1.54) is 25.6 Å². The molecule has 0 saturated carbocycles. The Balaban J connectivity index is 0.000000200. The Morgan fingerprint density at radius 2 is 0.860 bits per heavy atom. The summed E-state index contributed by atoms with van der Waals surface area (Å²) in [6.45, 7) is 0. The van der Waals surface area contributed by atoms with E-state index in [9.17, 15) is 9.90 Å². The normalized spacial score (nSPS) is 10.6. The van der Waals surface area contributed by atoms with Gasteiger partial charge in [0, 0.05) is 16.0 Å². The third-order valence-electron chi connectivity index (χ3n) is 8.63. The zero-order chi connectivity index (χ0) is 39.2. The lowest BCUT2D eigenvalue weighted by Crippen LogP contribution is -2.23. The summed E-state index contributed by atoms with van der Waals surface area (Å²) < 4.78 is 18.8. The molecular weight excluding hydrogens is 745 g/mol. The molecule has 0 amide bonds. The van der Waals surface area contributed by atoms with Gasteiger partial charge in [-0.25, -0.2) is 0 Å². The fourth-order valence-electron chi connectivity index (χ4n) is 6.00. The van der Waals surface area contributed by atoms with Crippen molar-refractivity contribution in [2.24, 2.45) is 0 Å². The lowest BCUT2D eigenvalue weighted by Gasteiger charge is -2.23. The fraction of sp³-hybridized carbons (Fsp3) is 0.0200. The van der Waals surface area contributed by atoms with Gasteiger partial charge in [-0.1, -0.05) is 121 Å². The zero-order valence-corrected chi connectivity index (χ0v) is 32.7. The number of carbonyl (C=O) groups excluding carboxylic acids is 1. The molecule has 0 heterocycles. The van der Waals surface area contributed by atoms with Crippen LogP contribution in [0.3, 0.4) is 0 Å². The average molecular weight is 783 g/mol. The summed E-state index contributed by atoms with van der Waals surface area (Å²) >= 11 is 1.78. The van der Waals surface area contributed by atoms with E-state index in [1.54, 1.807) is 48.2 Å².